The van der Waals surface area contributed by atoms with Crippen LogP contribution in [0, 0.1) is 0 Å². The molecule has 0 saturated heterocycles. The Morgan fingerprint density at radius 2 is 1.69 bits per heavy atom. The Labute approximate surface area is 188 Å². The number of carbonyl (C=O) groups is 3. The van der Waals surface area contributed by atoms with Gasteiger partial charge in [-0.1, -0.05) is 48.9 Å². The molecule has 0 bridgehead atoms. The van der Waals surface area contributed by atoms with Gasteiger partial charge in [-0.05, 0) is 48.4 Å². The topological polar surface area (TPSA) is 107 Å². The van der Waals surface area contributed by atoms with E-state index in [1.807, 2.05) is 4.68 Å². The number of fused-ring (bicyclic) bond motifs is 2. The largest absolute Gasteiger partial charge is 0.325 e. The molecule has 1 fully saturated rings. The molecule has 162 valence electrons. The van der Waals surface area contributed by atoms with Crippen LogP contribution in [-0.2, 0) is 4.79 Å². The lowest BCUT2D eigenvalue weighted by Gasteiger charge is -2.19. The smallest absolute Gasteiger partial charge is 0.237 e. The second kappa shape index (κ2) is 8.31. The summed E-state index contributed by atoms with van der Waals surface area (Å²) in [6.07, 6.45) is 4.41. The first-order chi connectivity index (χ1) is 15.5. The van der Waals surface area contributed by atoms with Crippen LogP contribution in [0.4, 0.5) is 5.69 Å². The van der Waals surface area contributed by atoms with E-state index in [0.29, 0.717) is 33.1 Å². The Balaban J connectivity index is 1.32. The van der Waals surface area contributed by atoms with Crippen LogP contribution in [0.25, 0.3) is 0 Å². The standard InChI is InChI=1S/C23H21N5O3S/c1-13(32-23-25-26-27-28(23)15-6-2-3-7-15)22(31)24-14-10-11-18-19(12-14)21(30)17-9-5-4-8-16(17)20(18)29/h4-5,8-13,15H,2-3,6-7H2,1H3,(H,24,31)/t13-/m1/s1. The van der Waals surface area contributed by atoms with Crippen LogP contribution in [0.15, 0.2) is 47.6 Å². The summed E-state index contributed by atoms with van der Waals surface area (Å²) in [6, 6.07) is 11.9. The molecule has 9 heteroatoms. The van der Waals surface area contributed by atoms with E-state index in [1.165, 1.54) is 11.8 Å². The van der Waals surface area contributed by atoms with Gasteiger partial charge in [0, 0.05) is 27.9 Å². The van der Waals surface area contributed by atoms with Crippen LogP contribution >= 0.6 is 11.8 Å². The fourth-order valence-electron chi connectivity index (χ4n) is 4.27. The van der Waals surface area contributed by atoms with Crippen LogP contribution < -0.4 is 5.32 Å². The van der Waals surface area contributed by atoms with Crippen molar-refractivity contribution in [2.24, 2.45) is 0 Å². The molecule has 1 heterocycles. The Morgan fingerprint density at radius 3 is 2.41 bits per heavy atom. The molecule has 2 aliphatic rings. The average Bonchev–Trinajstić information content (AvgIpc) is 3.49. The highest BCUT2D eigenvalue weighted by Crippen LogP contribution is 2.33. The molecule has 2 aliphatic carbocycles. The zero-order valence-corrected chi connectivity index (χ0v) is 18.3. The highest BCUT2D eigenvalue weighted by Gasteiger charge is 2.30. The minimum atomic E-state index is -0.449. The first kappa shape index (κ1) is 20.6. The maximum Gasteiger partial charge on any atom is 0.237 e. The van der Waals surface area contributed by atoms with E-state index < -0.39 is 5.25 Å². The van der Waals surface area contributed by atoms with Crippen molar-refractivity contribution in [3.8, 4) is 0 Å². The lowest BCUT2D eigenvalue weighted by Crippen LogP contribution is -2.24. The zero-order valence-electron chi connectivity index (χ0n) is 17.4. The van der Waals surface area contributed by atoms with Crippen molar-refractivity contribution in [3.05, 3.63) is 64.7 Å². The molecule has 1 amide bonds. The van der Waals surface area contributed by atoms with E-state index in [2.05, 4.69) is 20.8 Å². The molecule has 0 radical (unpaired) electrons. The van der Waals surface area contributed by atoms with Crippen LogP contribution in [-0.4, -0.2) is 42.9 Å². The number of tetrazole rings is 1. The maximum atomic E-state index is 12.9. The zero-order chi connectivity index (χ0) is 22.2. The number of thioether (sulfide) groups is 1. The Bertz CT molecular complexity index is 1230. The molecule has 0 aliphatic heterocycles. The summed E-state index contributed by atoms with van der Waals surface area (Å²) >= 11 is 1.31. The van der Waals surface area contributed by atoms with Crippen molar-refractivity contribution in [2.75, 3.05) is 5.32 Å². The molecule has 3 aromatic rings. The number of benzene rings is 2. The molecular weight excluding hydrogens is 426 g/mol. The third kappa shape index (κ3) is 3.62. The van der Waals surface area contributed by atoms with Crippen LogP contribution in [0.1, 0.15) is 70.5 Å². The van der Waals surface area contributed by atoms with Crippen LogP contribution in [0.5, 0.6) is 0 Å². The van der Waals surface area contributed by atoms with E-state index >= 15 is 0 Å². The maximum absolute atomic E-state index is 12.9. The van der Waals surface area contributed by atoms with Gasteiger partial charge < -0.3 is 5.32 Å². The minimum absolute atomic E-state index is 0.184. The predicted octanol–water partition coefficient (Wildman–Crippen LogP) is 3.68. The third-order valence-electron chi connectivity index (χ3n) is 5.98. The van der Waals surface area contributed by atoms with E-state index in [0.717, 1.165) is 25.7 Å². The highest BCUT2D eigenvalue weighted by molar-refractivity contribution is 8.00. The Hall–Kier alpha value is -3.33. The van der Waals surface area contributed by atoms with Crippen molar-refractivity contribution in [2.45, 2.75) is 49.1 Å². The summed E-state index contributed by atoms with van der Waals surface area (Å²) < 4.78 is 1.82. The number of hydrogen-bond acceptors (Lipinski definition) is 7. The van der Waals surface area contributed by atoms with Gasteiger partial charge in [0.15, 0.2) is 11.6 Å². The molecule has 8 nitrogen and oxygen atoms in total. The SMILES string of the molecule is C[C@@H](Sc1nnnn1C1CCCC1)C(=O)Nc1ccc2c(c1)C(=O)c1ccccc1C2=O. The molecule has 5 rings (SSSR count). The lowest BCUT2D eigenvalue weighted by atomic mass is 9.84. The molecule has 32 heavy (non-hydrogen) atoms. The molecule has 1 aromatic heterocycles. The number of anilines is 1. The number of nitrogens with zero attached hydrogens (tertiary/aromatic N) is 4. The molecule has 1 atom stereocenters. The van der Waals surface area contributed by atoms with Gasteiger partial charge in [-0.25, -0.2) is 4.68 Å². The normalized spacial score (nSPS) is 16.5. The van der Waals surface area contributed by atoms with Gasteiger partial charge in [-0.15, -0.1) is 5.10 Å². The number of rotatable bonds is 5. The Morgan fingerprint density at radius 1 is 1.03 bits per heavy atom. The van der Waals surface area contributed by atoms with E-state index in [4.69, 9.17) is 0 Å². The minimum Gasteiger partial charge on any atom is -0.325 e. The van der Waals surface area contributed by atoms with Gasteiger partial charge in [0.1, 0.15) is 0 Å². The van der Waals surface area contributed by atoms with Crippen LogP contribution in [0.3, 0.4) is 0 Å². The summed E-state index contributed by atoms with van der Waals surface area (Å²) in [5.41, 5.74) is 1.92. The van der Waals surface area contributed by atoms with E-state index in [-0.39, 0.29) is 23.5 Å². The van der Waals surface area contributed by atoms with Gasteiger partial charge in [-0.3, -0.25) is 14.4 Å². The number of aromatic nitrogens is 4. The fourth-order valence-corrected chi connectivity index (χ4v) is 5.13. The van der Waals surface area contributed by atoms with E-state index in [1.54, 1.807) is 49.4 Å². The summed E-state index contributed by atoms with van der Waals surface area (Å²) in [7, 11) is 0. The van der Waals surface area contributed by atoms with Gasteiger partial charge in [-0.2, -0.15) is 0 Å². The summed E-state index contributed by atoms with van der Waals surface area (Å²) in [6.45, 7) is 1.79. The second-order valence-electron chi connectivity index (χ2n) is 8.06. The summed E-state index contributed by atoms with van der Waals surface area (Å²) in [5, 5.41) is 15.0. The van der Waals surface area contributed by atoms with Crippen LogP contribution in [0.2, 0.25) is 0 Å². The monoisotopic (exact) mass is 447 g/mol. The van der Waals surface area contributed by atoms with Crippen molar-refractivity contribution >= 4 is 34.9 Å². The number of ketones is 2. The summed E-state index contributed by atoms with van der Waals surface area (Å²) in [4.78, 5) is 38.5. The predicted molar refractivity (Wildman–Crippen MR) is 119 cm³/mol. The summed E-state index contributed by atoms with van der Waals surface area (Å²) in [5.74, 6) is -0.633. The molecule has 1 saturated carbocycles. The number of hydrogen-bond donors (Lipinski definition) is 1. The number of carbonyl (C=O) groups excluding carboxylic acids is 3. The van der Waals surface area contributed by atoms with Gasteiger partial charge in [0.05, 0.1) is 11.3 Å². The van der Waals surface area contributed by atoms with Crippen molar-refractivity contribution in [1.29, 1.82) is 0 Å². The van der Waals surface area contributed by atoms with Crippen molar-refractivity contribution in [1.82, 2.24) is 20.2 Å². The second-order valence-corrected chi connectivity index (χ2v) is 9.37. The molecular formula is C23H21N5O3S. The van der Waals surface area contributed by atoms with Gasteiger partial charge in [0.25, 0.3) is 0 Å². The van der Waals surface area contributed by atoms with Crippen molar-refractivity contribution < 1.29 is 14.4 Å². The molecule has 0 spiro atoms. The first-order valence-electron chi connectivity index (χ1n) is 10.6. The van der Waals surface area contributed by atoms with Gasteiger partial charge >= 0.3 is 0 Å². The molecule has 0 unspecified atom stereocenters. The average molecular weight is 448 g/mol. The third-order valence-corrected chi connectivity index (χ3v) is 7.02. The quantitative estimate of drug-likeness (QED) is 0.465. The first-order valence-corrected chi connectivity index (χ1v) is 11.5. The molecule has 2 aromatic carbocycles. The van der Waals surface area contributed by atoms with Gasteiger partial charge in [0.2, 0.25) is 11.1 Å². The highest BCUT2D eigenvalue weighted by atomic mass is 32.2. The fraction of sp³-hybridized carbons (Fsp3) is 0.304. The number of amides is 1. The molecule has 1 N–H and O–H groups in total. The van der Waals surface area contributed by atoms with Crippen molar-refractivity contribution in [3.63, 3.8) is 0 Å². The Kier molecular flexibility index (Phi) is 5.34. The lowest BCUT2D eigenvalue weighted by molar-refractivity contribution is -0.115. The van der Waals surface area contributed by atoms with E-state index in [9.17, 15) is 14.4 Å². The number of nitrogens with one attached hydrogen (secondary N) is 1.